The number of halogens is 1. The van der Waals surface area contributed by atoms with Gasteiger partial charge in [-0.3, -0.25) is 5.10 Å². The SMILES string of the molecule is CC(Nc1cc(Br)ccc1C#N)c1ncn[nH]1. The van der Waals surface area contributed by atoms with Gasteiger partial charge in [-0.15, -0.1) is 0 Å². The fraction of sp³-hybridized carbons (Fsp3) is 0.182. The molecule has 0 saturated heterocycles. The third-order valence-corrected chi connectivity index (χ3v) is 2.81. The number of anilines is 1. The molecule has 0 aliphatic carbocycles. The molecule has 2 N–H and O–H groups in total. The number of H-pyrrole nitrogens is 1. The van der Waals surface area contributed by atoms with E-state index in [1.54, 1.807) is 6.07 Å². The van der Waals surface area contributed by atoms with Gasteiger partial charge in [0.2, 0.25) is 0 Å². The number of nitrogens with zero attached hydrogens (tertiary/aromatic N) is 3. The van der Waals surface area contributed by atoms with Gasteiger partial charge >= 0.3 is 0 Å². The molecule has 0 saturated carbocycles. The standard InChI is InChI=1S/C11H10BrN5/c1-7(11-14-6-15-17-11)16-10-4-9(12)3-2-8(10)5-13/h2-4,6-7,16H,1H3,(H,14,15,17). The first-order chi connectivity index (χ1) is 8.20. The lowest BCUT2D eigenvalue weighted by atomic mass is 10.2. The van der Waals surface area contributed by atoms with Gasteiger partial charge < -0.3 is 5.32 Å². The molecule has 1 unspecified atom stereocenters. The molecule has 0 amide bonds. The average Bonchev–Trinajstić information content (AvgIpc) is 2.83. The highest BCUT2D eigenvalue weighted by molar-refractivity contribution is 9.10. The molecule has 1 heterocycles. The molecule has 5 nitrogen and oxygen atoms in total. The van der Waals surface area contributed by atoms with E-state index in [1.807, 2.05) is 19.1 Å². The highest BCUT2D eigenvalue weighted by Gasteiger charge is 2.10. The Kier molecular flexibility index (Phi) is 3.40. The molecular weight excluding hydrogens is 282 g/mol. The van der Waals surface area contributed by atoms with Crippen molar-refractivity contribution in [3.05, 3.63) is 40.4 Å². The van der Waals surface area contributed by atoms with E-state index in [-0.39, 0.29) is 6.04 Å². The largest absolute Gasteiger partial charge is 0.374 e. The molecule has 86 valence electrons. The molecule has 0 bridgehead atoms. The second kappa shape index (κ2) is 4.97. The van der Waals surface area contributed by atoms with Gasteiger partial charge in [0.05, 0.1) is 17.3 Å². The average molecular weight is 292 g/mol. The summed E-state index contributed by atoms with van der Waals surface area (Å²) in [5.41, 5.74) is 1.37. The zero-order valence-electron chi connectivity index (χ0n) is 9.11. The summed E-state index contributed by atoms with van der Waals surface area (Å²) in [6.07, 6.45) is 1.46. The Bertz CT molecular complexity index is 543. The molecule has 2 aromatic rings. The van der Waals surface area contributed by atoms with E-state index in [0.717, 1.165) is 16.0 Å². The second-order valence-corrected chi connectivity index (χ2v) is 4.45. The molecule has 1 aromatic heterocycles. The first-order valence-corrected chi connectivity index (χ1v) is 5.81. The summed E-state index contributed by atoms with van der Waals surface area (Å²) >= 11 is 3.38. The van der Waals surface area contributed by atoms with E-state index < -0.39 is 0 Å². The predicted molar refractivity (Wildman–Crippen MR) is 67.3 cm³/mol. The van der Waals surface area contributed by atoms with Gasteiger partial charge in [-0.25, -0.2) is 4.98 Å². The summed E-state index contributed by atoms with van der Waals surface area (Å²) in [5, 5.41) is 18.8. The van der Waals surface area contributed by atoms with Crippen LogP contribution < -0.4 is 5.32 Å². The third-order valence-electron chi connectivity index (χ3n) is 2.32. The number of aromatic amines is 1. The molecule has 17 heavy (non-hydrogen) atoms. The van der Waals surface area contributed by atoms with Crippen LogP contribution in [0.1, 0.15) is 24.4 Å². The van der Waals surface area contributed by atoms with Crippen LogP contribution in [-0.2, 0) is 0 Å². The molecule has 0 fully saturated rings. The van der Waals surface area contributed by atoms with Crippen LogP contribution in [0.2, 0.25) is 0 Å². The van der Waals surface area contributed by atoms with Crippen LogP contribution in [0.5, 0.6) is 0 Å². The van der Waals surface area contributed by atoms with Crippen LogP contribution >= 0.6 is 15.9 Å². The highest BCUT2D eigenvalue weighted by atomic mass is 79.9. The van der Waals surface area contributed by atoms with Gasteiger partial charge in [-0.05, 0) is 25.1 Å². The lowest BCUT2D eigenvalue weighted by Crippen LogP contribution is -2.09. The van der Waals surface area contributed by atoms with Crippen molar-refractivity contribution in [1.82, 2.24) is 15.2 Å². The number of nitrogens with one attached hydrogen (secondary N) is 2. The smallest absolute Gasteiger partial charge is 0.146 e. The summed E-state index contributed by atoms with van der Waals surface area (Å²) in [5.74, 6) is 0.730. The molecule has 1 atom stereocenters. The van der Waals surface area contributed by atoms with Gasteiger partial charge in [0.1, 0.15) is 18.2 Å². The highest BCUT2D eigenvalue weighted by Crippen LogP contribution is 2.24. The van der Waals surface area contributed by atoms with E-state index in [9.17, 15) is 0 Å². The van der Waals surface area contributed by atoms with Crippen molar-refractivity contribution >= 4 is 21.6 Å². The summed E-state index contributed by atoms with van der Waals surface area (Å²) in [7, 11) is 0. The fourth-order valence-corrected chi connectivity index (χ4v) is 1.82. The minimum atomic E-state index is -0.0427. The minimum Gasteiger partial charge on any atom is -0.374 e. The van der Waals surface area contributed by atoms with E-state index in [2.05, 4.69) is 42.5 Å². The quantitative estimate of drug-likeness (QED) is 0.911. The molecule has 6 heteroatoms. The number of aromatic nitrogens is 3. The monoisotopic (exact) mass is 291 g/mol. The number of hydrogen-bond donors (Lipinski definition) is 2. The first-order valence-electron chi connectivity index (χ1n) is 5.02. The van der Waals surface area contributed by atoms with Crippen molar-refractivity contribution < 1.29 is 0 Å². The maximum Gasteiger partial charge on any atom is 0.146 e. The van der Waals surface area contributed by atoms with Crippen molar-refractivity contribution in [3.63, 3.8) is 0 Å². The van der Waals surface area contributed by atoms with E-state index in [1.165, 1.54) is 6.33 Å². The predicted octanol–water partition coefficient (Wildman–Crippen LogP) is 2.61. The van der Waals surface area contributed by atoms with Gasteiger partial charge in [0.25, 0.3) is 0 Å². The van der Waals surface area contributed by atoms with E-state index in [4.69, 9.17) is 5.26 Å². The Balaban J connectivity index is 2.24. The van der Waals surface area contributed by atoms with Crippen molar-refractivity contribution in [2.75, 3.05) is 5.32 Å². The molecule has 1 aromatic carbocycles. The second-order valence-electron chi connectivity index (χ2n) is 3.54. The Morgan fingerprint density at radius 1 is 1.53 bits per heavy atom. The molecular formula is C11H10BrN5. The summed E-state index contributed by atoms with van der Waals surface area (Å²) < 4.78 is 0.920. The van der Waals surface area contributed by atoms with Gasteiger partial charge in [0.15, 0.2) is 0 Å². The van der Waals surface area contributed by atoms with Crippen molar-refractivity contribution in [2.45, 2.75) is 13.0 Å². The van der Waals surface area contributed by atoms with E-state index in [0.29, 0.717) is 5.56 Å². The number of benzene rings is 1. The number of hydrogen-bond acceptors (Lipinski definition) is 4. The maximum absolute atomic E-state index is 9.01. The fourth-order valence-electron chi connectivity index (χ4n) is 1.46. The van der Waals surface area contributed by atoms with Gasteiger partial charge in [-0.1, -0.05) is 15.9 Å². The van der Waals surface area contributed by atoms with Crippen LogP contribution in [0.3, 0.4) is 0 Å². The molecule has 0 aliphatic rings. The summed E-state index contributed by atoms with van der Waals surface area (Å²) in [6, 6.07) is 7.57. The van der Waals surface area contributed by atoms with Crippen LogP contribution in [0.25, 0.3) is 0 Å². The van der Waals surface area contributed by atoms with Gasteiger partial charge in [0, 0.05) is 4.47 Å². The minimum absolute atomic E-state index is 0.0427. The zero-order chi connectivity index (χ0) is 12.3. The lowest BCUT2D eigenvalue weighted by Gasteiger charge is -2.13. The normalized spacial score (nSPS) is 11.8. The van der Waals surface area contributed by atoms with Crippen molar-refractivity contribution in [1.29, 1.82) is 5.26 Å². The lowest BCUT2D eigenvalue weighted by molar-refractivity contribution is 0.795. The van der Waals surface area contributed by atoms with Crippen LogP contribution in [0.15, 0.2) is 29.0 Å². The van der Waals surface area contributed by atoms with Crippen molar-refractivity contribution in [3.8, 4) is 6.07 Å². The Morgan fingerprint density at radius 2 is 2.35 bits per heavy atom. The molecule has 0 radical (unpaired) electrons. The van der Waals surface area contributed by atoms with Crippen LogP contribution in [-0.4, -0.2) is 15.2 Å². The van der Waals surface area contributed by atoms with Crippen LogP contribution in [0.4, 0.5) is 5.69 Å². The number of rotatable bonds is 3. The maximum atomic E-state index is 9.01. The molecule has 2 rings (SSSR count). The molecule has 0 aliphatic heterocycles. The molecule has 0 spiro atoms. The Labute approximate surface area is 107 Å². The van der Waals surface area contributed by atoms with Crippen molar-refractivity contribution in [2.24, 2.45) is 0 Å². The zero-order valence-corrected chi connectivity index (χ0v) is 10.7. The number of nitriles is 1. The van der Waals surface area contributed by atoms with Crippen LogP contribution in [0, 0.1) is 11.3 Å². The third kappa shape index (κ3) is 2.63. The summed E-state index contributed by atoms with van der Waals surface area (Å²) in [4.78, 5) is 4.07. The topological polar surface area (TPSA) is 77.4 Å². The Morgan fingerprint density at radius 3 is 3.00 bits per heavy atom. The Hall–Kier alpha value is -1.87. The first kappa shape index (κ1) is 11.6. The van der Waals surface area contributed by atoms with E-state index >= 15 is 0 Å². The van der Waals surface area contributed by atoms with Gasteiger partial charge in [-0.2, -0.15) is 10.4 Å². The summed E-state index contributed by atoms with van der Waals surface area (Å²) in [6.45, 7) is 1.95.